The van der Waals surface area contributed by atoms with E-state index in [-0.39, 0.29) is 12.3 Å². The van der Waals surface area contributed by atoms with Gasteiger partial charge >= 0.3 is 0 Å². The second-order valence-corrected chi connectivity index (χ2v) is 6.89. The summed E-state index contributed by atoms with van der Waals surface area (Å²) in [5.74, 6) is 1.25. The second-order valence-electron chi connectivity index (χ2n) is 6.89. The fourth-order valence-corrected chi connectivity index (χ4v) is 3.15. The molecule has 0 spiro atoms. The molecule has 30 heavy (non-hydrogen) atoms. The number of nitrogen functional groups attached to an aromatic ring is 1. The van der Waals surface area contributed by atoms with Crippen molar-refractivity contribution in [1.82, 2.24) is 9.97 Å². The number of aromatic amines is 1. The van der Waals surface area contributed by atoms with Crippen LogP contribution in [0.2, 0.25) is 0 Å². The summed E-state index contributed by atoms with van der Waals surface area (Å²) in [6.45, 7) is 4.34. The number of hydrogen-bond acceptors (Lipinski definition) is 5. The van der Waals surface area contributed by atoms with E-state index in [0.717, 1.165) is 27.8 Å². The van der Waals surface area contributed by atoms with Crippen LogP contribution in [0.25, 0.3) is 17.0 Å². The van der Waals surface area contributed by atoms with Gasteiger partial charge in [0.15, 0.2) is 5.78 Å². The Morgan fingerprint density at radius 2 is 2.00 bits per heavy atom. The van der Waals surface area contributed by atoms with Crippen LogP contribution in [-0.4, -0.2) is 22.3 Å². The number of nitrogens with one attached hydrogen (secondary N) is 2. The highest BCUT2D eigenvalue weighted by Gasteiger charge is 2.12. The molecule has 0 atom stereocenters. The van der Waals surface area contributed by atoms with Crippen LogP contribution in [0, 0.1) is 0 Å². The van der Waals surface area contributed by atoms with Gasteiger partial charge in [0, 0.05) is 16.5 Å². The van der Waals surface area contributed by atoms with Crippen molar-refractivity contribution in [3.8, 4) is 5.75 Å². The van der Waals surface area contributed by atoms with Crippen LogP contribution in [-0.2, 0) is 6.61 Å². The van der Waals surface area contributed by atoms with Crippen molar-refractivity contribution in [2.24, 2.45) is 0 Å². The Kier molecular flexibility index (Phi) is 5.48. The van der Waals surface area contributed by atoms with Gasteiger partial charge < -0.3 is 20.8 Å². The minimum atomic E-state index is -0.0772. The third-order valence-electron chi connectivity index (χ3n) is 4.72. The fraction of sp³-hybridized carbons (Fsp3) is 0.0833. The van der Waals surface area contributed by atoms with E-state index in [9.17, 15) is 4.79 Å². The van der Waals surface area contributed by atoms with Crippen molar-refractivity contribution in [3.63, 3.8) is 0 Å². The molecule has 0 aliphatic carbocycles. The predicted molar refractivity (Wildman–Crippen MR) is 121 cm³/mol. The van der Waals surface area contributed by atoms with Gasteiger partial charge in [-0.25, -0.2) is 4.98 Å². The van der Waals surface area contributed by atoms with Gasteiger partial charge in [0.1, 0.15) is 18.2 Å². The van der Waals surface area contributed by atoms with E-state index in [0.29, 0.717) is 23.8 Å². The van der Waals surface area contributed by atoms with Gasteiger partial charge in [0.25, 0.3) is 0 Å². The van der Waals surface area contributed by atoms with Crippen molar-refractivity contribution < 1.29 is 9.53 Å². The van der Waals surface area contributed by atoms with E-state index >= 15 is 0 Å². The summed E-state index contributed by atoms with van der Waals surface area (Å²) in [5, 5.41) is 3.97. The molecule has 4 N–H and O–H groups in total. The zero-order valence-electron chi connectivity index (χ0n) is 16.4. The van der Waals surface area contributed by atoms with Crippen LogP contribution in [0.4, 0.5) is 11.5 Å². The van der Waals surface area contributed by atoms with Gasteiger partial charge in [-0.1, -0.05) is 43.0 Å². The van der Waals surface area contributed by atoms with E-state index in [2.05, 4.69) is 21.9 Å². The quantitative estimate of drug-likeness (QED) is 0.375. The van der Waals surface area contributed by atoms with E-state index in [1.807, 2.05) is 54.6 Å². The van der Waals surface area contributed by atoms with Gasteiger partial charge in [-0.15, -0.1) is 0 Å². The summed E-state index contributed by atoms with van der Waals surface area (Å²) in [7, 11) is 0. The lowest BCUT2D eigenvalue weighted by molar-refractivity contribution is 0.100. The lowest BCUT2D eigenvalue weighted by atomic mass is 10.2. The Bertz CT molecular complexity index is 1200. The molecule has 6 nitrogen and oxygen atoms in total. The molecule has 6 heteroatoms. The van der Waals surface area contributed by atoms with E-state index in [1.54, 1.807) is 18.3 Å². The van der Waals surface area contributed by atoms with E-state index in [4.69, 9.17) is 10.5 Å². The Hall–Kier alpha value is -4.06. The molecule has 0 aliphatic heterocycles. The Morgan fingerprint density at radius 3 is 2.80 bits per heavy atom. The highest BCUT2D eigenvalue weighted by Crippen LogP contribution is 2.23. The van der Waals surface area contributed by atoms with Crippen LogP contribution in [0.1, 0.15) is 21.6 Å². The number of H-pyrrole nitrogens is 1. The van der Waals surface area contributed by atoms with Gasteiger partial charge in [-0.2, -0.15) is 0 Å². The standard InChI is InChI=1S/C24H22N4O2/c1-2-17-10-19(25)13-26-24(17)27-14-23(29)22-12-18-11-20(8-9-21(18)28-22)30-15-16-6-4-3-5-7-16/h2-13,28H,1,14-15,25H2,(H,26,27). The SMILES string of the molecule is C=Cc1cc(N)cnc1NCC(=O)c1cc2cc(OCc3ccccc3)ccc2[nH]1. The number of carbonyl (C=O) groups is 1. The highest BCUT2D eigenvalue weighted by atomic mass is 16.5. The molecular weight excluding hydrogens is 376 g/mol. The van der Waals surface area contributed by atoms with Crippen LogP contribution >= 0.6 is 0 Å². The number of anilines is 2. The van der Waals surface area contributed by atoms with Crippen molar-refractivity contribution in [3.05, 3.63) is 90.3 Å². The number of rotatable bonds is 8. The first kappa shape index (κ1) is 19.3. The molecule has 0 unspecified atom stereocenters. The van der Waals surface area contributed by atoms with Crippen molar-refractivity contribution >= 4 is 34.3 Å². The number of ether oxygens (including phenoxy) is 1. The maximum atomic E-state index is 12.6. The van der Waals surface area contributed by atoms with Crippen molar-refractivity contribution in [1.29, 1.82) is 0 Å². The summed E-state index contributed by atoms with van der Waals surface area (Å²) >= 11 is 0. The van der Waals surface area contributed by atoms with E-state index < -0.39 is 0 Å². The Labute approximate surface area is 174 Å². The van der Waals surface area contributed by atoms with Crippen LogP contribution in [0.5, 0.6) is 5.75 Å². The molecular formula is C24H22N4O2. The number of benzene rings is 2. The smallest absolute Gasteiger partial charge is 0.198 e. The number of aromatic nitrogens is 2. The average molecular weight is 398 g/mol. The summed E-state index contributed by atoms with van der Waals surface area (Å²) in [6, 6.07) is 19.3. The normalized spacial score (nSPS) is 10.7. The van der Waals surface area contributed by atoms with Crippen LogP contribution in [0.15, 0.2) is 73.4 Å². The minimum Gasteiger partial charge on any atom is -0.489 e. The molecule has 0 bridgehead atoms. The number of nitrogens with two attached hydrogens (primary N) is 1. The molecule has 0 aliphatic rings. The average Bonchev–Trinajstić information content (AvgIpc) is 3.21. The molecule has 0 saturated heterocycles. The third kappa shape index (κ3) is 4.33. The summed E-state index contributed by atoms with van der Waals surface area (Å²) in [6.07, 6.45) is 3.19. The van der Waals surface area contributed by atoms with Crippen molar-refractivity contribution in [2.75, 3.05) is 17.6 Å². The molecule has 2 aromatic heterocycles. The highest BCUT2D eigenvalue weighted by molar-refractivity contribution is 6.01. The molecule has 0 fully saturated rings. The van der Waals surface area contributed by atoms with E-state index in [1.165, 1.54) is 0 Å². The van der Waals surface area contributed by atoms with Gasteiger partial charge in [-0.3, -0.25) is 4.79 Å². The number of hydrogen-bond donors (Lipinski definition) is 3. The molecule has 4 rings (SSSR count). The Balaban J connectivity index is 1.44. The number of carbonyl (C=O) groups excluding carboxylic acids is 1. The lowest BCUT2D eigenvalue weighted by Crippen LogP contribution is -2.15. The predicted octanol–water partition coefficient (Wildman–Crippen LogP) is 4.66. The zero-order valence-corrected chi connectivity index (χ0v) is 16.4. The van der Waals surface area contributed by atoms with Crippen LogP contribution < -0.4 is 15.8 Å². The topological polar surface area (TPSA) is 93.0 Å². The molecule has 4 aromatic rings. The first-order valence-electron chi connectivity index (χ1n) is 9.57. The van der Waals surface area contributed by atoms with Crippen LogP contribution in [0.3, 0.4) is 0 Å². The molecule has 2 aromatic carbocycles. The van der Waals surface area contributed by atoms with Gasteiger partial charge in [-0.05, 0) is 35.9 Å². The largest absolute Gasteiger partial charge is 0.489 e. The van der Waals surface area contributed by atoms with Gasteiger partial charge in [0.05, 0.1) is 24.1 Å². The first-order chi connectivity index (χ1) is 14.6. The number of pyridine rings is 1. The second kappa shape index (κ2) is 8.53. The fourth-order valence-electron chi connectivity index (χ4n) is 3.15. The summed E-state index contributed by atoms with van der Waals surface area (Å²) in [5.41, 5.74) is 9.53. The Morgan fingerprint density at radius 1 is 1.17 bits per heavy atom. The lowest BCUT2D eigenvalue weighted by Gasteiger charge is -2.08. The molecule has 2 heterocycles. The summed E-state index contributed by atoms with van der Waals surface area (Å²) < 4.78 is 5.87. The molecule has 0 radical (unpaired) electrons. The van der Waals surface area contributed by atoms with Gasteiger partial charge in [0.2, 0.25) is 0 Å². The molecule has 0 saturated carbocycles. The third-order valence-corrected chi connectivity index (χ3v) is 4.72. The molecule has 150 valence electrons. The monoisotopic (exact) mass is 398 g/mol. The summed E-state index contributed by atoms with van der Waals surface area (Å²) in [4.78, 5) is 20.0. The zero-order chi connectivity index (χ0) is 20.9. The number of ketones is 1. The number of Topliss-reactive ketones (excluding diaryl/α,β-unsaturated/α-hetero) is 1. The number of nitrogens with zero attached hydrogens (tertiary/aromatic N) is 1. The first-order valence-corrected chi connectivity index (χ1v) is 9.57. The maximum absolute atomic E-state index is 12.6. The number of fused-ring (bicyclic) bond motifs is 1. The van der Waals surface area contributed by atoms with Crippen molar-refractivity contribution in [2.45, 2.75) is 6.61 Å². The molecule has 0 amide bonds. The maximum Gasteiger partial charge on any atom is 0.198 e. The minimum absolute atomic E-state index is 0.0772.